The first-order chi connectivity index (χ1) is 23.7. The van der Waals surface area contributed by atoms with Crippen LogP contribution in [0.25, 0.3) is 44.9 Å². The van der Waals surface area contributed by atoms with Gasteiger partial charge in [-0.1, -0.05) is 85.8 Å². The Hall–Kier alpha value is -6.20. The van der Waals surface area contributed by atoms with Gasteiger partial charge < -0.3 is 4.57 Å². The maximum absolute atomic E-state index is 14.4. The molecular formula is C41H26F3N3O2. The molecule has 5 nitrogen and oxygen atoms in total. The van der Waals surface area contributed by atoms with Gasteiger partial charge in [-0.05, 0) is 71.5 Å². The molecule has 1 unspecified atom stereocenters. The van der Waals surface area contributed by atoms with Crippen LogP contribution in [-0.4, -0.2) is 16.4 Å². The number of carbonyl (C=O) groups is 2. The number of hydrogen-bond acceptors (Lipinski definition) is 3. The van der Waals surface area contributed by atoms with E-state index < -0.39 is 29.1 Å². The molecule has 1 aliphatic carbocycles. The molecule has 2 aliphatic rings. The summed E-state index contributed by atoms with van der Waals surface area (Å²) in [6.45, 7) is 2.10. The highest BCUT2D eigenvalue weighted by atomic mass is 19.4. The molecule has 8 heteroatoms. The van der Waals surface area contributed by atoms with Gasteiger partial charge >= 0.3 is 6.18 Å². The number of amides is 2. The Morgan fingerprint density at radius 2 is 1.45 bits per heavy atom. The van der Waals surface area contributed by atoms with Gasteiger partial charge in [-0.15, -0.1) is 0 Å². The molecule has 0 saturated heterocycles. The van der Waals surface area contributed by atoms with Crippen molar-refractivity contribution in [2.24, 2.45) is 5.92 Å². The second-order valence-electron chi connectivity index (χ2n) is 12.4. The van der Waals surface area contributed by atoms with Crippen LogP contribution in [0.4, 0.5) is 18.9 Å². The Morgan fingerprint density at radius 3 is 2.22 bits per heavy atom. The first kappa shape index (κ1) is 30.2. The van der Waals surface area contributed by atoms with Crippen molar-refractivity contribution in [3.05, 3.63) is 149 Å². The Bertz CT molecular complexity index is 2430. The van der Waals surface area contributed by atoms with E-state index in [0.29, 0.717) is 40.0 Å². The van der Waals surface area contributed by atoms with Crippen LogP contribution >= 0.6 is 0 Å². The fourth-order valence-corrected chi connectivity index (χ4v) is 7.11. The largest absolute Gasteiger partial charge is 0.417 e. The number of nitrogens with zero attached hydrogens (tertiary/aromatic N) is 3. The van der Waals surface area contributed by atoms with Gasteiger partial charge in [0.15, 0.2) is 0 Å². The van der Waals surface area contributed by atoms with Crippen LogP contribution in [-0.2, 0) is 12.6 Å². The molecule has 5 aromatic carbocycles. The number of benzene rings is 5. The molecule has 0 bridgehead atoms. The SMILES string of the molecule is CC1C=Cc2c(n(-c3cccc4c3C(=O)N(c3ccccc3-c3ccccc3)C4=O)c3ccc(-c4ccc(C(F)(F)F)c(C#N)c4)cc23)C1. The molecule has 0 N–H and O–H groups in total. The summed E-state index contributed by atoms with van der Waals surface area (Å²) in [7, 11) is 0. The smallest absolute Gasteiger partial charge is 0.312 e. The molecule has 0 spiro atoms. The van der Waals surface area contributed by atoms with Crippen molar-refractivity contribution < 1.29 is 22.8 Å². The molecule has 2 heterocycles. The second kappa shape index (κ2) is 11.2. The average molecular weight is 650 g/mol. The van der Waals surface area contributed by atoms with Crippen molar-refractivity contribution in [2.45, 2.75) is 19.5 Å². The highest BCUT2D eigenvalue weighted by Crippen LogP contribution is 2.42. The van der Waals surface area contributed by atoms with E-state index in [4.69, 9.17) is 0 Å². The van der Waals surface area contributed by atoms with Crippen LogP contribution in [0.5, 0.6) is 0 Å². The summed E-state index contributed by atoms with van der Waals surface area (Å²) in [5, 5.41) is 10.3. The van der Waals surface area contributed by atoms with E-state index in [1.165, 1.54) is 17.0 Å². The Labute approximate surface area is 279 Å². The van der Waals surface area contributed by atoms with Gasteiger partial charge in [0, 0.05) is 22.2 Å². The molecule has 1 aromatic heterocycles. The van der Waals surface area contributed by atoms with Crippen molar-refractivity contribution in [3.63, 3.8) is 0 Å². The number of rotatable bonds is 4. The fraction of sp³-hybridized carbons (Fsp3) is 0.0976. The van der Waals surface area contributed by atoms with Crippen molar-refractivity contribution in [1.82, 2.24) is 4.57 Å². The van der Waals surface area contributed by atoms with Crippen molar-refractivity contribution in [3.8, 4) is 34.0 Å². The lowest BCUT2D eigenvalue weighted by atomic mass is 9.93. The molecule has 1 aliphatic heterocycles. The Balaban J connectivity index is 1.29. The monoisotopic (exact) mass is 649 g/mol. The zero-order valence-corrected chi connectivity index (χ0v) is 26.1. The van der Waals surface area contributed by atoms with Crippen LogP contribution in [0.2, 0.25) is 0 Å². The maximum Gasteiger partial charge on any atom is 0.417 e. The summed E-state index contributed by atoms with van der Waals surface area (Å²) in [4.78, 5) is 29.7. The minimum absolute atomic E-state index is 0.200. The summed E-state index contributed by atoms with van der Waals surface area (Å²) < 4.78 is 42.6. The third kappa shape index (κ3) is 4.77. The number of carbonyl (C=O) groups excluding carboxylic acids is 2. The lowest BCUT2D eigenvalue weighted by Gasteiger charge is -2.20. The van der Waals surface area contributed by atoms with Gasteiger partial charge in [-0.2, -0.15) is 18.4 Å². The van der Waals surface area contributed by atoms with E-state index in [9.17, 15) is 28.0 Å². The lowest BCUT2D eigenvalue weighted by Crippen LogP contribution is -2.30. The van der Waals surface area contributed by atoms with E-state index in [1.54, 1.807) is 30.3 Å². The molecule has 0 radical (unpaired) electrons. The summed E-state index contributed by atoms with van der Waals surface area (Å²) in [5.74, 6) is -0.618. The first-order valence-corrected chi connectivity index (χ1v) is 15.8. The molecule has 49 heavy (non-hydrogen) atoms. The normalized spacial score (nSPS) is 15.4. The second-order valence-corrected chi connectivity index (χ2v) is 12.4. The van der Waals surface area contributed by atoms with Gasteiger partial charge in [-0.25, -0.2) is 4.90 Å². The van der Waals surface area contributed by atoms with E-state index in [2.05, 4.69) is 13.0 Å². The predicted molar refractivity (Wildman–Crippen MR) is 183 cm³/mol. The molecule has 0 saturated carbocycles. The van der Waals surface area contributed by atoms with Crippen molar-refractivity contribution in [1.29, 1.82) is 5.26 Å². The zero-order chi connectivity index (χ0) is 34.0. The summed E-state index contributed by atoms with van der Waals surface area (Å²) >= 11 is 0. The number of fused-ring (bicyclic) bond motifs is 4. The number of alkyl halides is 3. The summed E-state index contributed by atoms with van der Waals surface area (Å²) in [6, 6.07) is 33.2. The molecule has 0 fully saturated rings. The summed E-state index contributed by atoms with van der Waals surface area (Å²) in [6.07, 6.45) is 0.176. The van der Waals surface area contributed by atoms with E-state index >= 15 is 0 Å². The number of aromatic nitrogens is 1. The zero-order valence-electron chi connectivity index (χ0n) is 26.1. The molecule has 6 aromatic rings. The third-order valence-corrected chi connectivity index (χ3v) is 9.36. The minimum Gasteiger partial charge on any atom is -0.312 e. The van der Waals surface area contributed by atoms with Crippen LogP contribution < -0.4 is 4.90 Å². The van der Waals surface area contributed by atoms with Crippen molar-refractivity contribution >= 4 is 34.5 Å². The Morgan fingerprint density at radius 1 is 0.755 bits per heavy atom. The predicted octanol–water partition coefficient (Wildman–Crippen LogP) is 9.86. The third-order valence-electron chi connectivity index (χ3n) is 9.36. The van der Waals surface area contributed by atoms with E-state index in [0.717, 1.165) is 39.4 Å². The molecule has 2 amide bonds. The van der Waals surface area contributed by atoms with Gasteiger partial charge in [0.25, 0.3) is 11.8 Å². The van der Waals surface area contributed by atoms with Crippen molar-refractivity contribution in [2.75, 3.05) is 4.90 Å². The van der Waals surface area contributed by atoms with Gasteiger partial charge in [-0.3, -0.25) is 9.59 Å². The number of allylic oxidation sites excluding steroid dienone is 1. The summed E-state index contributed by atoms with van der Waals surface area (Å²) in [5.41, 5.74) is 5.74. The highest BCUT2D eigenvalue weighted by Gasteiger charge is 2.41. The minimum atomic E-state index is -4.64. The number of anilines is 1. The number of nitriles is 1. The Kier molecular flexibility index (Phi) is 6.90. The highest BCUT2D eigenvalue weighted by molar-refractivity contribution is 6.36. The van der Waals surface area contributed by atoms with E-state index in [-0.39, 0.29) is 5.92 Å². The fourth-order valence-electron chi connectivity index (χ4n) is 7.11. The van der Waals surface area contributed by atoms with Crippen LogP contribution in [0.1, 0.15) is 50.0 Å². The first-order valence-electron chi connectivity index (χ1n) is 15.8. The molecule has 1 atom stereocenters. The van der Waals surface area contributed by atoms with Gasteiger partial charge in [0.05, 0.1) is 45.2 Å². The van der Waals surface area contributed by atoms with E-state index in [1.807, 2.05) is 77.4 Å². The lowest BCUT2D eigenvalue weighted by molar-refractivity contribution is -0.137. The maximum atomic E-state index is 14.4. The van der Waals surface area contributed by atoms with Crippen LogP contribution in [0.15, 0.2) is 115 Å². The number of hydrogen-bond donors (Lipinski definition) is 0. The average Bonchev–Trinajstić information content (AvgIpc) is 3.57. The molecule has 238 valence electrons. The number of imide groups is 1. The topological polar surface area (TPSA) is 66.1 Å². The molecule has 8 rings (SSSR count). The quantitative estimate of drug-likeness (QED) is 0.179. The van der Waals surface area contributed by atoms with Gasteiger partial charge in [0.2, 0.25) is 0 Å². The molecular weight excluding hydrogens is 623 g/mol. The standard InChI is InChI=1S/C41H26F3N3O2/c1-24-14-17-30-32-22-27(26-15-18-33(41(42,43)44)28(21-26)23-45)16-19-35(32)46(37(30)20-24)36-13-7-11-31-38(36)40(49)47(39(31)48)34-12-6-5-10-29(34)25-8-3-2-4-9-25/h2-19,21-22,24H,20H2,1H3. The van der Waals surface area contributed by atoms with Crippen LogP contribution in [0, 0.1) is 17.2 Å². The number of halogens is 3. The van der Waals surface area contributed by atoms with Gasteiger partial charge in [0.1, 0.15) is 0 Å². The number of para-hydroxylation sites is 1. The van der Waals surface area contributed by atoms with Crippen LogP contribution in [0.3, 0.4) is 0 Å².